The maximum atomic E-state index is 12.7. The number of rotatable bonds is 0. The van der Waals surface area contributed by atoms with E-state index in [2.05, 4.69) is 0 Å². The number of ketones is 1. The minimum atomic E-state index is -1.37. The van der Waals surface area contributed by atoms with Crippen LogP contribution < -0.4 is 0 Å². The number of hydrogen-bond donors (Lipinski definition) is 1. The van der Waals surface area contributed by atoms with E-state index in [1.807, 2.05) is 11.9 Å². The van der Waals surface area contributed by atoms with E-state index in [1.54, 1.807) is 26.0 Å². The van der Waals surface area contributed by atoms with Gasteiger partial charge in [-0.25, -0.2) is 9.59 Å². The van der Waals surface area contributed by atoms with Crippen LogP contribution in [-0.2, 0) is 23.9 Å². The zero-order chi connectivity index (χ0) is 18.6. The Balaban J connectivity index is 2.36. The van der Waals surface area contributed by atoms with Gasteiger partial charge in [0.1, 0.15) is 6.61 Å². The summed E-state index contributed by atoms with van der Waals surface area (Å²) in [6, 6.07) is 0. The molecular formula is C18H25NO6. The van der Waals surface area contributed by atoms with Gasteiger partial charge < -0.3 is 19.5 Å². The van der Waals surface area contributed by atoms with Crippen LogP contribution in [0.5, 0.6) is 0 Å². The standard InChI is InChI=1S/C18H25NO6/c1-4-12-9-11(2)15(20)18(23)24-10-13-5-7-19(3)8-6-14(16(13)21)25-17(12)22/h4-5,11,14-15,20H,6-10H2,1-3H3/b12-4-,13-5-/t11-,14-,15-/m1/s1. The minimum absolute atomic E-state index is 0.162. The highest BCUT2D eigenvalue weighted by Crippen LogP contribution is 2.22. The van der Waals surface area contributed by atoms with Gasteiger partial charge in [-0.2, -0.15) is 0 Å². The smallest absolute Gasteiger partial charge is 0.335 e. The molecule has 2 heterocycles. The molecule has 2 aliphatic heterocycles. The SMILES string of the molecule is C/C=C1/C[C@@H](C)[C@@H](O)C(=O)OC/C2=C/CN(C)CC[C@@H](OC1=O)C2=O. The average Bonchev–Trinajstić information content (AvgIpc) is 2.59. The Hall–Kier alpha value is -1.99. The lowest BCUT2D eigenvalue weighted by Crippen LogP contribution is -2.39. The fourth-order valence-corrected chi connectivity index (χ4v) is 2.82. The fraction of sp³-hybridized carbons (Fsp3) is 0.611. The van der Waals surface area contributed by atoms with Crippen LogP contribution in [0.1, 0.15) is 26.7 Å². The highest BCUT2D eigenvalue weighted by atomic mass is 16.6. The molecule has 0 unspecified atom stereocenters. The molecule has 0 spiro atoms. The van der Waals surface area contributed by atoms with Gasteiger partial charge in [-0.05, 0) is 26.3 Å². The molecule has 7 nitrogen and oxygen atoms in total. The summed E-state index contributed by atoms with van der Waals surface area (Å²) < 4.78 is 10.6. The molecule has 7 heteroatoms. The second-order valence-corrected chi connectivity index (χ2v) is 6.59. The van der Waals surface area contributed by atoms with E-state index in [4.69, 9.17) is 9.47 Å². The molecule has 0 aromatic rings. The van der Waals surface area contributed by atoms with Crippen LogP contribution in [0.15, 0.2) is 23.3 Å². The Bertz CT molecular complexity index is 609. The van der Waals surface area contributed by atoms with Crippen molar-refractivity contribution in [3.8, 4) is 0 Å². The van der Waals surface area contributed by atoms with Crippen molar-refractivity contribution >= 4 is 17.7 Å². The molecule has 2 bridgehead atoms. The number of nitrogens with zero attached hydrogens (tertiary/aromatic N) is 1. The first kappa shape index (κ1) is 19.3. The van der Waals surface area contributed by atoms with E-state index < -0.39 is 30.1 Å². The molecule has 2 aliphatic rings. The van der Waals surface area contributed by atoms with Crippen molar-refractivity contribution in [2.45, 2.75) is 38.9 Å². The number of carbonyl (C=O) groups is 3. The van der Waals surface area contributed by atoms with Crippen LogP contribution in [0.3, 0.4) is 0 Å². The lowest BCUT2D eigenvalue weighted by atomic mass is 9.95. The summed E-state index contributed by atoms with van der Waals surface area (Å²) >= 11 is 0. The second-order valence-electron chi connectivity index (χ2n) is 6.59. The van der Waals surface area contributed by atoms with Crippen LogP contribution in [0.2, 0.25) is 0 Å². The largest absolute Gasteiger partial charge is 0.459 e. The van der Waals surface area contributed by atoms with Crippen molar-refractivity contribution < 1.29 is 29.0 Å². The molecule has 25 heavy (non-hydrogen) atoms. The summed E-state index contributed by atoms with van der Waals surface area (Å²) in [6.07, 6.45) is 1.52. The Kier molecular flexibility index (Phi) is 6.50. The van der Waals surface area contributed by atoms with Crippen molar-refractivity contribution in [3.63, 3.8) is 0 Å². The van der Waals surface area contributed by atoms with E-state index >= 15 is 0 Å². The number of aliphatic hydroxyl groups excluding tert-OH is 1. The molecule has 1 saturated heterocycles. The Morgan fingerprint density at radius 1 is 1.32 bits per heavy atom. The average molecular weight is 351 g/mol. The molecule has 2 rings (SSSR count). The number of fused-ring (bicyclic) bond motifs is 2. The van der Waals surface area contributed by atoms with Crippen molar-refractivity contribution in [1.29, 1.82) is 0 Å². The summed E-state index contributed by atoms with van der Waals surface area (Å²) in [7, 11) is 1.89. The highest BCUT2D eigenvalue weighted by Gasteiger charge is 2.33. The molecule has 138 valence electrons. The van der Waals surface area contributed by atoms with Crippen molar-refractivity contribution in [1.82, 2.24) is 4.90 Å². The number of carbonyl (C=O) groups excluding carboxylic acids is 3. The van der Waals surface area contributed by atoms with Crippen molar-refractivity contribution in [2.75, 3.05) is 26.7 Å². The van der Waals surface area contributed by atoms with Crippen LogP contribution >= 0.6 is 0 Å². The van der Waals surface area contributed by atoms with Gasteiger partial charge in [0.05, 0.1) is 0 Å². The molecule has 0 saturated carbocycles. The van der Waals surface area contributed by atoms with Gasteiger partial charge in [0.15, 0.2) is 12.2 Å². The zero-order valence-corrected chi connectivity index (χ0v) is 14.9. The lowest BCUT2D eigenvalue weighted by Gasteiger charge is -2.27. The van der Waals surface area contributed by atoms with Gasteiger partial charge in [0.25, 0.3) is 0 Å². The first-order chi connectivity index (χ1) is 11.8. The molecule has 1 fully saturated rings. The van der Waals surface area contributed by atoms with Gasteiger partial charge in [-0.3, -0.25) is 4.79 Å². The number of cyclic esters (lactones) is 1. The Morgan fingerprint density at radius 3 is 2.72 bits per heavy atom. The van der Waals surface area contributed by atoms with Crippen molar-refractivity contribution in [2.24, 2.45) is 5.92 Å². The first-order valence-corrected chi connectivity index (χ1v) is 8.46. The third-order valence-electron chi connectivity index (χ3n) is 4.58. The monoisotopic (exact) mass is 351 g/mol. The number of aliphatic hydroxyl groups is 1. The topological polar surface area (TPSA) is 93.1 Å². The van der Waals surface area contributed by atoms with E-state index in [9.17, 15) is 19.5 Å². The third-order valence-corrected chi connectivity index (χ3v) is 4.58. The lowest BCUT2D eigenvalue weighted by molar-refractivity contribution is -0.158. The molecule has 0 aliphatic carbocycles. The summed E-state index contributed by atoms with van der Waals surface area (Å²) in [5.74, 6) is -2.24. The fourth-order valence-electron chi connectivity index (χ4n) is 2.82. The van der Waals surface area contributed by atoms with E-state index in [-0.39, 0.29) is 24.4 Å². The number of esters is 2. The molecular weight excluding hydrogens is 326 g/mol. The van der Waals surface area contributed by atoms with Gasteiger partial charge >= 0.3 is 11.9 Å². The number of hydrogen-bond acceptors (Lipinski definition) is 7. The molecule has 3 atom stereocenters. The number of ether oxygens (including phenoxy) is 2. The van der Waals surface area contributed by atoms with E-state index in [0.29, 0.717) is 25.1 Å². The molecule has 0 aromatic carbocycles. The van der Waals surface area contributed by atoms with Crippen LogP contribution in [0, 0.1) is 5.92 Å². The van der Waals surface area contributed by atoms with Crippen LogP contribution in [0.25, 0.3) is 0 Å². The molecule has 1 N–H and O–H groups in total. The van der Waals surface area contributed by atoms with E-state index in [0.717, 1.165) is 0 Å². The minimum Gasteiger partial charge on any atom is -0.459 e. The maximum Gasteiger partial charge on any atom is 0.335 e. The van der Waals surface area contributed by atoms with Crippen molar-refractivity contribution in [3.05, 3.63) is 23.3 Å². The quantitative estimate of drug-likeness (QED) is 0.505. The first-order valence-electron chi connectivity index (χ1n) is 8.46. The number of Topliss-reactive ketones (excluding diaryl/α,β-unsaturated/α-hetero) is 1. The molecule has 0 amide bonds. The summed E-state index contributed by atoms with van der Waals surface area (Å²) in [5, 5.41) is 10.1. The normalized spacial score (nSPS) is 33.9. The predicted octanol–water partition coefficient (Wildman–Crippen LogP) is 0.619. The zero-order valence-electron chi connectivity index (χ0n) is 14.9. The third kappa shape index (κ3) is 4.76. The summed E-state index contributed by atoms with van der Waals surface area (Å²) in [6.45, 7) is 4.23. The Labute approximate surface area is 147 Å². The summed E-state index contributed by atoms with van der Waals surface area (Å²) in [4.78, 5) is 39.2. The van der Waals surface area contributed by atoms with Gasteiger partial charge in [0.2, 0.25) is 5.78 Å². The van der Waals surface area contributed by atoms with Gasteiger partial charge in [0, 0.05) is 30.7 Å². The Morgan fingerprint density at radius 2 is 2.04 bits per heavy atom. The molecule has 0 aromatic heterocycles. The number of allylic oxidation sites excluding steroid dienone is 1. The number of likely N-dealkylation sites (N-methyl/N-ethyl adjacent to an activating group) is 1. The van der Waals surface area contributed by atoms with Crippen LogP contribution in [0.4, 0.5) is 0 Å². The van der Waals surface area contributed by atoms with E-state index in [1.165, 1.54) is 0 Å². The van der Waals surface area contributed by atoms with Gasteiger partial charge in [-0.15, -0.1) is 0 Å². The predicted molar refractivity (Wildman–Crippen MR) is 89.6 cm³/mol. The van der Waals surface area contributed by atoms with Crippen LogP contribution in [-0.4, -0.2) is 66.7 Å². The highest BCUT2D eigenvalue weighted by molar-refractivity contribution is 6.01. The maximum absolute atomic E-state index is 12.7. The second kappa shape index (κ2) is 8.40. The van der Waals surface area contributed by atoms with Gasteiger partial charge in [-0.1, -0.05) is 19.1 Å². The molecule has 0 radical (unpaired) electrons. The summed E-state index contributed by atoms with van der Waals surface area (Å²) in [5.41, 5.74) is 0.605.